The zero-order valence-corrected chi connectivity index (χ0v) is 18.5. The maximum Gasteiger partial charge on any atom is 0.225 e. The molecule has 8 nitrogen and oxygen atoms in total. The van der Waals surface area contributed by atoms with Crippen LogP contribution in [0.1, 0.15) is 30.0 Å². The molecule has 3 heterocycles. The average molecular weight is 426 g/mol. The number of likely N-dealkylation sites (tertiary alicyclic amines) is 1. The molecule has 1 aromatic heterocycles. The summed E-state index contributed by atoms with van der Waals surface area (Å²) in [5.74, 6) is 2.15. The summed E-state index contributed by atoms with van der Waals surface area (Å²) in [6.45, 7) is 4.18. The number of benzene rings is 1. The molecule has 1 aromatic carbocycles. The molecule has 4 rings (SSSR count). The van der Waals surface area contributed by atoms with E-state index in [1.54, 1.807) is 21.3 Å². The Hall–Kier alpha value is -2.87. The van der Waals surface area contributed by atoms with Gasteiger partial charge in [-0.25, -0.2) is 9.97 Å². The van der Waals surface area contributed by atoms with Crippen LogP contribution in [-0.2, 0) is 11.3 Å². The van der Waals surface area contributed by atoms with Crippen molar-refractivity contribution in [3.8, 4) is 11.5 Å². The first kappa shape index (κ1) is 21.4. The molecule has 2 atom stereocenters. The molecular weight excluding hydrogens is 394 g/mol. The molecule has 8 heteroatoms. The summed E-state index contributed by atoms with van der Waals surface area (Å²) >= 11 is 0. The van der Waals surface area contributed by atoms with E-state index in [1.807, 2.05) is 30.5 Å². The summed E-state index contributed by atoms with van der Waals surface area (Å²) in [6, 6.07) is 7.92. The van der Waals surface area contributed by atoms with Crippen LogP contribution in [0.25, 0.3) is 0 Å². The number of hydrogen-bond acceptors (Lipinski definition) is 7. The molecule has 2 aliphatic rings. The molecule has 0 radical (unpaired) electrons. The lowest BCUT2D eigenvalue weighted by Gasteiger charge is -2.20. The fraction of sp³-hybridized carbons (Fsp3) is 0.522. The monoisotopic (exact) mass is 425 g/mol. The highest BCUT2D eigenvalue weighted by atomic mass is 16.5. The van der Waals surface area contributed by atoms with Crippen molar-refractivity contribution in [3.05, 3.63) is 41.7 Å². The zero-order chi connectivity index (χ0) is 21.8. The molecule has 2 saturated heterocycles. The first-order valence-corrected chi connectivity index (χ1v) is 10.9. The second kappa shape index (κ2) is 9.51. The van der Waals surface area contributed by atoms with E-state index in [0.29, 0.717) is 18.0 Å². The highest BCUT2D eigenvalue weighted by Gasteiger charge is 2.39. The van der Waals surface area contributed by atoms with Gasteiger partial charge in [0.05, 0.1) is 25.8 Å². The van der Waals surface area contributed by atoms with Crippen molar-refractivity contribution in [2.24, 2.45) is 5.92 Å². The van der Waals surface area contributed by atoms with Crippen LogP contribution in [0.2, 0.25) is 0 Å². The fourth-order valence-corrected chi connectivity index (χ4v) is 4.64. The van der Waals surface area contributed by atoms with Gasteiger partial charge in [0.15, 0.2) is 11.5 Å². The highest BCUT2D eigenvalue weighted by molar-refractivity contribution is 5.80. The Morgan fingerprint density at radius 2 is 1.90 bits per heavy atom. The molecule has 2 aromatic rings. The predicted molar refractivity (Wildman–Crippen MR) is 119 cm³/mol. The Bertz CT molecular complexity index is 916. The molecular formula is C23H31N5O3. The zero-order valence-electron chi connectivity index (χ0n) is 18.5. The minimum absolute atomic E-state index is 0.0319. The van der Waals surface area contributed by atoms with Crippen LogP contribution < -0.4 is 19.7 Å². The van der Waals surface area contributed by atoms with Gasteiger partial charge < -0.3 is 19.7 Å². The van der Waals surface area contributed by atoms with Gasteiger partial charge in [-0.05, 0) is 36.6 Å². The van der Waals surface area contributed by atoms with Gasteiger partial charge in [0.1, 0.15) is 0 Å². The van der Waals surface area contributed by atoms with E-state index in [2.05, 4.69) is 20.1 Å². The van der Waals surface area contributed by atoms with Crippen LogP contribution in [0, 0.1) is 5.92 Å². The lowest BCUT2D eigenvalue weighted by molar-refractivity contribution is -0.124. The Morgan fingerprint density at radius 3 is 2.61 bits per heavy atom. The molecule has 0 bridgehead atoms. The van der Waals surface area contributed by atoms with E-state index in [-0.39, 0.29) is 17.7 Å². The van der Waals surface area contributed by atoms with Gasteiger partial charge in [-0.3, -0.25) is 9.69 Å². The van der Waals surface area contributed by atoms with E-state index in [0.717, 1.165) is 43.4 Å². The Balaban J connectivity index is 1.54. The van der Waals surface area contributed by atoms with Crippen molar-refractivity contribution < 1.29 is 14.3 Å². The van der Waals surface area contributed by atoms with Crippen LogP contribution in [0.3, 0.4) is 0 Å². The van der Waals surface area contributed by atoms with Gasteiger partial charge in [-0.1, -0.05) is 6.07 Å². The number of anilines is 1. The lowest BCUT2D eigenvalue weighted by atomic mass is 9.92. The molecule has 2 fully saturated rings. The van der Waals surface area contributed by atoms with Crippen LogP contribution in [0.5, 0.6) is 11.5 Å². The number of rotatable bonds is 7. The second-order valence-electron chi connectivity index (χ2n) is 8.19. The summed E-state index contributed by atoms with van der Waals surface area (Å²) in [6.07, 6.45) is 4.18. The van der Waals surface area contributed by atoms with Gasteiger partial charge in [0.25, 0.3) is 0 Å². The third-order valence-electron chi connectivity index (χ3n) is 6.27. The first-order valence-electron chi connectivity index (χ1n) is 10.9. The van der Waals surface area contributed by atoms with Crippen LogP contribution in [0.4, 0.5) is 5.95 Å². The van der Waals surface area contributed by atoms with E-state index in [9.17, 15) is 4.79 Å². The maximum absolute atomic E-state index is 12.7. The summed E-state index contributed by atoms with van der Waals surface area (Å²) in [5, 5.41) is 2.84. The molecule has 31 heavy (non-hydrogen) atoms. The Morgan fingerprint density at radius 1 is 1.13 bits per heavy atom. The SMILES string of the molecule is CNC(=O)[C@@H]1CN(Cc2ccc(OC)c(OC)c2)C[C@H]1c1ccnc(N2CCCC2)n1. The van der Waals surface area contributed by atoms with Crippen LogP contribution in [-0.4, -0.2) is 68.2 Å². The van der Waals surface area contributed by atoms with Crippen molar-refractivity contribution in [1.29, 1.82) is 0 Å². The summed E-state index contributed by atoms with van der Waals surface area (Å²) < 4.78 is 10.8. The van der Waals surface area contributed by atoms with Gasteiger partial charge in [0.2, 0.25) is 11.9 Å². The number of ether oxygens (including phenoxy) is 2. The standard InChI is InChI=1S/C23H31N5O3/c1-24-22(29)18-15-27(13-16-6-7-20(30-2)21(12-16)31-3)14-17(18)19-8-9-25-23(26-19)28-10-4-5-11-28/h6-9,12,17-18H,4-5,10-11,13-15H2,1-3H3,(H,24,29)/t17-,18-/m1/s1. The molecule has 0 unspecified atom stereocenters. The van der Waals surface area contributed by atoms with Crippen LogP contribution in [0.15, 0.2) is 30.5 Å². The number of amides is 1. The first-order chi connectivity index (χ1) is 15.1. The number of aromatic nitrogens is 2. The maximum atomic E-state index is 12.7. The molecule has 2 aliphatic heterocycles. The molecule has 0 saturated carbocycles. The van der Waals surface area contributed by atoms with E-state index in [4.69, 9.17) is 14.5 Å². The summed E-state index contributed by atoms with van der Waals surface area (Å²) in [4.78, 5) is 26.6. The molecule has 0 aliphatic carbocycles. The van der Waals surface area contributed by atoms with Crippen LogP contribution >= 0.6 is 0 Å². The van der Waals surface area contributed by atoms with Crippen molar-refractivity contribution >= 4 is 11.9 Å². The average Bonchev–Trinajstić information content (AvgIpc) is 3.49. The summed E-state index contributed by atoms with van der Waals surface area (Å²) in [5.41, 5.74) is 2.06. The number of nitrogens with one attached hydrogen (secondary N) is 1. The van der Waals surface area contributed by atoms with Gasteiger partial charge in [0, 0.05) is 51.9 Å². The number of carbonyl (C=O) groups excluding carboxylic acids is 1. The van der Waals surface area contributed by atoms with Crippen molar-refractivity contribution in [1.82, 2.24) is 20.2 Å². The minimum Gasteiger partial charge on any atom is -0.493 e. The molecule has 0 spiro atoms. The van der Waals surface area contributed by atoms with Crippen molar-refractivity contribution in [3.63, 3.8) is 0 Å². The quantitative estimate of drug-likeness (QED) is 0.727. The fourth-order valence-electron chi connectivity index (χ4n) is 4.64. The van der Waals surface area contributed by atoms with E-state index < -0.39 is 0 Å². The third-order valence-corrected chi connectivity index (χ3v) is 6.27. The van der Waals surface area contributed by atoms with Gasteiger partial charge >= 0.3 is 0 Å². The topological polar surface area (TPSA) is 79.8 Å². The number of methoxy groups -OCH3 is 2. The smallest absolute Gasteiger partial charge is 0.225 e. The number of nitrogens with zero attached hydrogens (tertiary/aromatic N) is 4. The molecule has 1 amide bonds. The summed E-state index contributed by atoms with van der Waals surface area (Å²) in [7, 11) is 4.98. The van der Waals surface area contributed by atoms with Crippen molar-refractivity contribution in [2.45, 2.75) is 25.3 Å². The number of carbonyl (C=O) groups is 1. The van der Waals surface area contributed by atoms with Gasteiger partial charge in [-0.2, -0.15) is 0 Å². The van der Waals surface area contributed by atoms with E-state index >= 15 is 0 Å². The molecule has 1 N–H and O–H groups in total. The minimum atomic E-state index is -0.147. The highest BCUT2D eigenvalue weighted by Crippen LogP contribution is 2.35. The molecule has 166 valence electrons. The predicted octanol–water partition coefficient (Wildman–Crippen LogP) is 2.06. The number of hydrogen-bond donors (Lipinski definition) is 1. The van der Waals surface area contributed by atoms with E-state index in [1.165, 1.54) is 12.8 Å². The Kier molecular flexibility index (Phi) is 6.56. The second-order valence-corrected chi connectivity index (χ2v) is 8.19. The normalized spacial score (nSPS) is 21.3. The largest absolute Gasteiger partial charge is 0.493 e. The van der Waals surface area contributed by atoms with Crippen molar-refractivity contribution in [2.75, 3.05) is 52.3 Å². The Labute approximate surface area is 183 Å². The third kappa shape index (κ3) is 4.58. The lowest BCUT2D eigenvalue weighted by Crippen LogP contribution is -2.32. The van der Waals surface area contributed by atoms with Gasteiger partial charge in [-0.15, -0.1) is 0 Å².